The Balaban J connectivity index is 1.94. The molecule has 1 heteroatoms. The van der Waals surface area contributed by atoms with Crippen LogP contribution >= 0.6 is 0 Å². The molecular formula is C29H43N. The quantitative estimate of drug-likeness (QED) is 0.257. The lowest BCUT2D eigenvalue weighted by atomic mass is 9.76. The molecule has 30 heavy (non-hydrogen) atoms. The smallest absolute Gasteiger partial charge is 0.0699 e. The minimum absolute atomic E-state index is 0.715. The highest BCUT2D eigenvalue weighted by atomic mass is 14.8. The van der Waals surface area contributed by atoms with E-state index < -0.39 is 0 Å². The van der Waals surface area contributed by atoms with Gasteiger partial charge in [0.05, 0.1) is 5.71 Å². The maximum Gasteiger partial charge on any atom is 0.0699 e. The van der Waals surface area contributed by atoms with Crippen molar-refractivity contribution in [2.24, 2.45) is 22.7 Å². The van der Waals surface area contributed by atoms with Crippen molar-refractivity contribution in [1.29, 1.82) is 0 Å². The summed E-state index contributed by atoms with van der Waals surface area (Å²) in [6.07, 6.45) is 13.8. The predicted octanol–water partition coefficient (Wildman–Crippen LogP) is 8.92. The SMILES string of the molecule is C=CC(=NC(CCC1CCCC(CCC(CC)C(=C)C)C1)=C(C)C)c1ccccc1. The Hall–Kier alpha value is -1.89. The van der Waals surface area contributed by atoms with Gasteiger partial charge in [0.15, 0.2) is 0 Å². The third-order valence-corrected chi connectivity index (χ3v) is 6.89. The van der Waals surface area contributed by atoms with E-state index in [1.54, 1.807) is 0 Å². The van der Waals surface area contributed by atoms with E-state index >= 15 is 0 Å². The molecule has 0 bridgehead atoms. The number of hydrogen-bond donors (Lipinski definition) is 0. The average molecular weight is 406 g/mol. The molecule has 0 amide bonds. The van der Waals surface area contributed by atoms with Crippen LogP contribution in [0.4, 0.5) is 0 Å². The first-order chi connectivity index (χ1) is 14.4. The molecule has 1 aromatic carbocycles. The van der Waals surface area contributed by atoms with Crippen molar-refractivity contribution in [1.82, 2.24) is 0 Å². The van der Waals surface area contributed by atoms with Gasteiger partial charge in [-0.15, -0.1) is 0 Å². The Bertz CT molecular complexity index is 733. The van der Waals surface area contributed by atoms with Gasteiger partial charge in [-0.2, -0.15) is 0 Å². The fourth-order valence-electron chi connectivity index (χ4n) is 4.90. The molecule has 0 aliphatic heterocycles. The monoisotopic (exact) mass is 405 g/mol. The third kappa shape index (κ3) is 7.74. The lowest BCUT2D eigenvalue weighted by Crippen LogP contribution is -2.17. The summed E-state index contributed by atoms with van der Waals surface area (Å²) in [4.78, 5) is 5.03. The summed E-state index contributed by atoms with van der Waals surface area (Å²) in [6, 6.07) is 10.4. The molecular weight excluding hydrogens is 362 g/mol. The van der Waals surface area contributed by atoms with Crippen LogP contribution in [0.3, 0.4) is 0 Å². The van der Waals surface area contributed by atoms with E-state index in [1.165, 1.54) is 68.2 Å². The number of rotatable bonds is 11. The van der Waals surface area contributed by atoms with Gasteiger partial charge in [-0.25, -0.2) is 0 Å². The summed E-state index contributed by atoms with van der Waals surface area (Å²) in [6.45, 7) is 17.1. The molecule has 164 valence electrons. The van der Waals surface area contributed by atoms with Gasteiger partial charge < -0.3 is 0 Å². The zero-order valence-corrected chi connectivity index (χ0v) is 19.9. The van der Waals surface area contributed by atoms with Crippen LogP contribution in [-0.4, -0.2) is 5.71 Å². The Morgan fingerprint density at radius 2 is 1.77 bits per heavy atom. The van der Waals surface area contributed by atoms with Gasteiger partial charge >= 0.3 is 0 Å². The van der Waals surface area contributed by atoms with Crippen molar-refractivity contribution in [2.75, 3.05) is 0 Å². The van der Waals surface area contributed by atoms with E-state index in [0.717, 1.165) is 29.5 Å². The molecule has 1 fully saturated rings. The first-order valence-electron chi connectivity index (χ1n) is 12.0. The second kappa shape index (κ2) is 12.7. The van der Waals surface area contributed by atoms with E-state index in [2.05, 4.69) is 65.1 Å². The second-order valence-electron chi connectivity index (χ2n) is 9.48. The minimum Gasteiger partial charge on any atom is -0.253 e. The van der Waals surface area contributed by atoms with Gasteiger partial charge in [-0.1, -0.05) is 80.8 Å². The molecule has 0 saturated heterocycles. The fraction of sp³-hybridized carbons (Fsp3) is 0.552. The minimum atomic E-state index is 0.715. The van der Waals surface area contributed by atoms with Gasteiger partial charge in [-0.3, -0.25) is 4.99 Å². The van der Waals surface area contributed by atoms with E-state index in [9.17, 15) is 0 Å². The molecule has 3 atom stereocenters. The van der Waals surface area contributed by atoms with Crippen molar-refractivity contribution >= 4 is 5.71 Å². The molecule has 3 unspecified atom stereocenters. The summed E-state index contributed by atoms with van der Waals surface area (Å²) in [5.41, 5.74) is 6.06. The topological polar surface area (TPSA) is 12.4 Å². The van der Waals surface area contributed by atoms with Crippen LogP contribution in [0.25, 0.3) is 0 Å². The normalized spacial score (nSPS) is 20.5. The molecule has 0 heterocycles. The zero-order valence-electron chi connectivity index (χ0n) is 19.9. The second-order valence-corrected chi connectivity index (χ2v) is 9.48. The average Bonchev–Trinajstić information content (AvgIpc) is 2.75. The molecule has 1 saturated carbocycles. The molecule has 1 nitrogen and oxygen atoms in total. The fourth-order valence-corrected chi connectivity index (χ4v) is 4.90. The largest absolute Gasteiger partial charge is 0.253 e. The highest BCUT2D eigenvalue weighted by molar-refractivity contribution is 6.08. The van der Waals surface area contributed by atoms with Gasteiger partial charge in [0.2, 0.25) is 0 Å². The van der Waals surface area contributed by atoms with E-state index in [1.807, 2.05) is 12.1 Å². The standard InChI is InChI=1S/C29H43N/c1-7-26(22(3)4)19-17-24-13-12-14-25(21-24)18-20-29(23(5)6)30-28(8-2)27-15-10-9-11-16-27/h8-11,15-16,24-26H,2-3,7,12-14,17-21H2,1,4-6H3. The van der Waals surface area contributed by atoms with Crippen LogP contribution in [0.15, 0.2) is 71.4 Å². The maximum atomic E-state index is 5.03. The Morgan fingerprint density at radius 1 is 1.10 bits per heavy atom. The molecule has 0 N–H and O–H groups in total. The van der Waals surface area contributed by atoms with Gasteiger partial charge in [0.25, 0.3) is 0 Å². The molecule has 1 aliphatic carbocycles. The summed E-state index contributed by atoms with van der Waals surface area (Å²) in [5.74, 6) is 2.47. The molecule has 1 aromatic rings. The van der Waals surface area contributed by atoms with Crippen LogP contribution in [0.2, 0.25) is 0 Å². The van der Waals surface area contributed by atoms with Gasteiger partial charge in [0, 0.05) is 11.3 Å². The molecule has 0 radical (unpaired) electrons. The summed E-state index contributed by atoms with van der Waals surface area (Å²) in [7, 11) is 0. The molecule has 2 rings (SSSR count). The van der Waals surface area contributed by atoms with Crippen molar-refractivity contribution in [3.8, 4) is 0 Å². The van der Waals surface area contributed by atoms with Crippen molar-refractivity contribution in [2.45, 2.75) is 85.5 Å². The summed E-state index contributed by atoms with van der Waals surface area (Å²) >= 11 is 0. The van der Waals surface area contributed by atoms with Gasteiger partial charge in [0.1, 0.15) is 0 Å². The highest BCUT2D eigenvalue weighted by Crippen LogP contribution is 2.37. The number of allylic oxidation sites excluding steroid dienone is 4. The number of benzene rings is 1. The van der Waals surface area contributed by atoms with Crippen LogP contribution in [0, 0.1) is 17.8 Å². The van der Waals surface area contributed by atoms with Crippen molar-refractivity contribution in [3.63, 3.8) is 0 Å². The van der Waals surface area contributed by atoms with Gasteiger partial charge in [-0.05, 0) is 83.1 Å². The summed E-state index contributed by atoms with van der Waals surface area (Å²) < 4.78 is 0. The van der Waals surface area contributed by atoms with E-state index in [0.29, 0.717) is 5.92 Å². The first-order valence-corrected chi connectivity index (χ1v) is 12.0. The number of aliphatic imine (C=N–C) groups is 1. The lowest BCUT2D eigenvalue weighted by molar-refractivity contribution is 0.234. The third-order valence-electron chi connectivity index (χ3n) is 6.89. The number of hydrogen-bond acceptors (Lipinski definition) is 1. The highest BCUT2D eigenvalue weighted by Gasteiger charge is 2.23. The summed E-state index contributed by atoms with van der Waals surface area (Å²) in [5, 5.41) is 0. The molecule has 0 aromatic heterocycles. The molecule has 1 aliphatic rings. The number of nitrogens with zero attached hydrogens (tertiary/aromatic N) is 1. The lowest BCUT2D eigenvalue weighted by Gasteiger charge is -2.30. The first kappa shape index (κ1) is 24.4. The zero-order chi connectivity index (χ0) is 21.9. The Morgan fingerprint density at radius 3 is 2.33 bits per heavy atom. The van der Waals surface area contributed by atoms with Crippen LogP contribution in [0.5, 0.6) is 0 Å². The van der Waals surface area contributed by atoms with Crippen molar-refractivity contribution in [3.05, 3.63) is 72.0 Å². The van der Waals surface area contributed by atoms with Crippen LogP contribution < -0.4 is 0 Å². The maximum absolute atomic E-state index is 5.03. The van der Waals surface area contributed by atoms with Crippen LogP contribution in [-0.2, 0) is 0 Å². The van der Waals surface area contributed by atoms with E-state index in [4.69, 9.17) is 4.99 Å². The van der Waals surface area contributed by atoms with E-state index in [-0.39, 0.29) is 0 Å². The van der Waals surface area contributed by atoms with Crippen LogP contribution in [0.1, 0.15) is 91.0 Å². The van der Waals surface area contributed by atoms with Crippen molar-refractivity contribution < 1.29 is 0 Å². The Kier molecular flexibility index (Phi) is 10.3. The predicted molar refractivity (Wildman–Crippen MR) is 134 cm³/mol. The molecule has 0 spiro atoms. The Labute approximate surface area is 186 Å².